The van der Waals surface area contributed by atoms with E-state index in [4.69, 9.17) is 4.74 Å². The number of fused-ring (bicyclic) bond motifs is 3. The molecule has 2 saturated heterocycles. The van der Waals surface area contributed by atoms with Crippen molar-refractivity contribution in [1.82, 2.24) is 15.6 Å². The van der Waals surface area contributed by atoms with Gasteiger partial charge in [-0.2, -0.15) is 0 Å². The van der Waals surface area contributed by atoms with Crippen LogP contribution < -0.4 is 15.4 Å². The Morgan fingerprint density at radius 1 is 1.19 bits per heavy atom. The van der Waals surface area contributed by atoms with Gasteiger partial charge < -0.3 is 15.4 Å². The number of para-hydroxylation sites is 1. The molecular formula is C20H19N3O2S. The van der Waals surface area contributed by atoms with Crippen LogP contribution >= 0.6 is 11.3 Å². The number of carbonyl (C=O) groups is 1. The number of amides is 1. The minimum Gasteiger partial charge on any atom is -0.431 e. The number of carbonyl (C=O) groups excluding carboxylic acids is 1. The van der Waals surface area contributed by atoms with Crippen LogP contribution in [0.4, 0.5) is 0 Å². The van der Waals surface area contributed by atoms with Gasteiger partial charge in [0.25, 0.3) is 11.1 Å². The van der Waals surface area contributed by atoms with Crippen LogP contribution in [0.1, 0.15) is 29.6 Å². The van der Waals surface area contributed by atoms with Gasteiger partial charge in [0.2, 0.25) is 0 Å². The average Bonchev–Trinajstić information content (AvgIpc) is 3.36. The minimum absolute atomic E-state index is 0.00909. The van der Waals surface area contributed by atoms with E-state index in [0.29, 0.717) is 22.8 Å². The Bertz CT molecular complexity index is 956. The van der Waals surface area contributed by atoms with E-state index >= 15 is 0 Å². The Morgan fingerprint density at radius 2 is 2.08 bits per heavy atom. The third kappa shape index (κ3) is 2.95. The van der Waals surface area contributed by atoms with Gasteiger partial charge in [-0.25, -0.2) is 4.98 Å². The minimum atomic E-state index is -0.00909. The predicted octanol–water partition coefficient (Wildman–Crippen LogP) is 3.71. The van der Waals surface area contributed by atoms with Crippen molar-refractivity contribution in [3.63, 3.8) is 0 Å². The number of benzene rings is 2. The number of nitrogens with zero attached hydrogens (tertiary/aromatic N) is 1. The van der Waals surface area contributed by atoms with Crippen molar-refractivity contribution in [3.05, 3.63) is 54.1 Å². The second kappa shape index (κ2) is 6.37. The first-order valence-corrected chi connectivity index (χ1v) is 9.77. The van der Waals surface area contributed by atoms with Crippen LogP contribution in [0.15, 0.2) is 48.5 Å². The van der Waals surface area contributed by atoms with Crippen LogP contribution in [0.2, 0.25) is 0 Å². The molecule has 0 unspecified atom stereocenters. The number of hydrogen-bond acceptors (Lipinski definition) is 5. The van der Waals surface area contributed by atoms with Gasteiger partial charge in [-0.1, -0.05) is 29.5 Å². The van der Waals surface area contributed by atoms with Gasteiger partial charge in [-0.3, -0.25) is 4.79 Å². The molecule has 3 aromatic rings. The predicted molar refractivity (Wildman–Crippen MR) is 102 cm³/mol. The van der Waals surface area contributed by atoms with Gasteiger partial charge >= 0.3 is 0 Å². The monoisotopic (exact) mass is 365 g/mol. The maximum absolute atomic E-state index is 12.6. The van der Waals surface area contributed by atoms with Crippen LogP contribution in [0, 0.1) is 0 Å². The number of ether oxygens (including phenoxy) is 1. The van der Waals surface area contributed by atoms with Crippen LogP contribution in [-0.2, 0) is 0 Å². The normalized spacial score (nSPS) is 24.1. The first-order chi connectivity index (χ1) is 12.7. The molecule has 2 fully saturated rings. The zero-order valence-corrected chi connectivity index (χ0v) is 15.0. The summed E-state index contributed by atoms with van der Waals surface area (Å²) >= 11 is 1.45. The first kappa shape index (κ1) is 15.8. The molecule has 132 valence electrons. The highest BCUT2D eigenvalue weighted by atomic mass is 32.1. The summed E-state index contributed by atoms with van der Waals surface area (Å²) in [7, 11) is 0. The van der Waals surface area contributed by atoms with E-state index in [1.54, 1.807) is 0 Å². The van der Waals surface area contributed by atoms with Crippen LogP contribution in [0.3, 0.4) is 0 Å². The van der Waals surface area contributed by atoms with Crippen molar-refractivity contribution >= 4 is 27.5 Å². The molecule has 5 nitrogen and oxygen atoms in total. The number of rotatable bonds is 4. The van der Waals surface area contributed by atoms with Crippen LogP contribution in [-0.4, -0.2) is 29.0 Å². The average molecular weight is 365 g/mol. The Labute approximate surface area is 155 Å². The molecule has 0 radical (unpaired) electrons. The van der Waals surface area contributed by atoms with Gasteiger partial charge in [0, 0.05) is 23.7 Å². The summed E-state index contributed by atoms with van der Waals surface area (Å²) in [6.45, 7) is 0. The molecular weight excluding hydrogens is 346 g/mol. The Morgan fingerprint density at radius 3 is 2.85 bits per heavy atom. The Kier molecular flexibility index (Phi) is 3.87. The van der Waals surface area contributed by atoms with Gasteiger partial charge in [-0.05, 0) is 49.6 Å². The van der Waals surface area contributed by atoms with E-state index in [1.165, 1.54) is 17.8 Å². The molecule has 0 saturated carbocycles. The van der Waals surface area contributed by atoms with Gasteiger partial charge in [0.15, 0.2) is 0 Å². The molecule has 0 spiro atoms. The fourth-order valence-electron chi connectivity index (χ4n) is 3.91. The molecule has 1 aromatic heterocycles. The third-order valence-corrected chi connectivity index (χ3v) is 6.09. The number of nitrogens with one attached hydrogen (secondary N) is 2. The zero-order valence-electron chi connectivity index (χ0n) is 14.1. The van der Waals surface area contributed by atoms with E-state index in [-0.39, 0.29) is 11.9 Å². The fraction of sp³-hybridized carbons (Fsp3) is 0.300. The summed E-state index contributed by atoms with van der Waals surface area (Å²) in [6.07, 6.45) is 3.42. The lowest BCUT2D eigenvalue weighted by atomic mass is 9.95. The summed E-state index contributed by atoms with van der Waals surface area (Å²) in [6, 6.07) is 16.5. The molecule has 6 heteroatoms. The molecule has 2 bridgehead atoms. The fourth-order valence-corrected chi connectivity index (χ4v) is 4.79. The van der Waals surface area contributed by atoms with E-state index < -0.39 is 0 Å². The third-order valence-electron chi connectivity index (χ3n) is 5.20. The Hall–Kier alpha value is -2.44. The number of aromatic nitrogens is 1. The molecule has 0 aliphatic carbocycles. The highest BCUT2D eigenvalue weighted by Gasteiger charge is 2.39. The highest BCUT2D eigenvalue weighted by molar-refractivity contribution is 7.20. The van der Waals surface area contributed by atoms with Crippen molar-refractivity contribution < 1.29 is 9.53 Å². The quantitative estimate of drug-likeness (QED) is 0.740. The van der Waals surface area contributed by atoms with Crippen LogP contribution in [0.5, 0.6) is 10.9 Å². The summed E-state index contributed by atoms with van der Waals surface area (Å²) in [5.41, 5.74) is 1.52. The summed E-state index contributed by atoms with van der Waals surface area (Å²) in [5, 5.41) is 7.33. The standard InChI is InChI=1S/C20H19N3O2S/c24-19(22-17-11-13-7-9-15(17)21-13)12-6-8-16-18(10-12)26-20(23-16)25-14-4-2-1-3-5-14/h1-6,8,10,13,15,17,21H,7,9,11H2,(H,22,24)/t13-,15+,17-/m1/s1. The second-order valence-corrected chi connectivity index (χ2v) is 7.93. The molecule has 3 atom stereocenters. The summed E-state index contributed by atoms with van der Waals surface area (Å²) in [4.78, 5) is 17.1. The van der Waals surface area contributed by atoms with Gasteiger partial charge in [-0.15, -0.1) is 0 Å². The molecule has 3 heterocycles. The maximum Gasteiger partial charge on any atom is 0.279 e. The Balaban J connectivity index is 1.33. The second-order valence-electron chi connectivity index (χ2n) is 6.94. The highest BCUT2D eigenvalue weighted by Crippen LogP contribution is 2.32. The topological polar surface area (TPSA) is 63.2 Å². The van der Waals surface area contributed by atoms with E-state index in [0.717, 1.165) is 28.8 Å². The molecule has 2 aliphatic rings. The van der Waals surface area contributed by atoms with Crippen molar-refractivity contribution in [2.75, 3.05) is 0 Å². The van der Waals surface area contributed by atoms with Crippen LogP contribution in [0.25, 0.3) is 10.2 Å². The lowest BCUT2D eigenvalue weighted by molar-refractivity contribution is 0.0931. The van der Waals surface area contributed by atoms with Crippen molar-refractivity contribution in [3.8, 4) is 10.9 Å². The lowest BCUT2D eigenvalue weighted by Crippen LogP contribution is -2.42. The van der Waals surface area contributed by atoms with E-state index in [9.17, 15) is 4.79 Å². The van der Waals surface area contributed by atoms with Crippen molar-refractivity contribution in [2.24, 2.45) is 0 Å². The van der Waals surface area contributed by atoms with Crippen molar-refractivity contribution in [1.29, 1.82) is 0 Å². The molecule has 2 aliphatic heterocycles. The summed E-state index contributed by atoms with van der Waals surface area (Å²) in [5.74, 6) is 0.749. The van der Waals surface area contributed by atoms with E-state index in [2.05, 4.69) is 15.6 Å². The largest absolute Gasteiger partial charge is 0.431 e. The molecule has 26 heavy (non-hydrogen) atoms. The lowest BCUT2D eigenvalue weighted by Gasteiger charge is -2.21. The molecule has 5 rings (SSSR count). The maximum atomic E-state index is 12.6. The number of hydrogen-bond donors (Lipinski definition) is 2. The van der Waals surface area contributed by atoms with Crippen molar-refractivity contribution in [2.45, 2.75) is 37.4 Å². The zero-order chi connectivity index (χ0) is 17.5. The molecule has 2 N–H and O–H groups in total. The molecule has 1 amide bonds. The SMILES string of the molecule is O=C(N[C@@H]1C[C@H]2CC[C@@H]1N2)c1ccc2nc(Oc3ccccc3)sc2c1. The molecule has 2 aromatic carbocycles. The van der Waals surface area contributed by atoms with E-state index in [1.807, 2.05) is 48.5 Å². The van der Waals surface area contributed by atoms with Gasteiger partial charge in [0.05, 0.1) is 10.2 Å². The van der Waals surface area contributed by atoms with Gasteiger partial charge in [0.1, 0.15) is 5.75 Å². The first-order valence-electron chi connectivity index (χ1n) is 8.95. The smallest absolute Gasteiger partial charge is 0.279 e. The number of thiazole rings is 1. The summed E-state index contributed by atoms with van der Waals surface area (Å²) < 4.78 is 6.76.